The topological polar surface area (TPSA) is 103 Å². The van der Waals surface area contributed by atoms with E-state index in [0.29, 0.717) is 17.9 Å². The lowest BCUT2D eigenvalue weighted by atomic mass is 10.2. The van der Waals surface area contributed by atoms with Crippen LogP contribution in [0.2, 0.25) is 0 Å². The number of aryl methyl sites for hydroxylation is 1. The largest absolute Gasteiger partial charge is 0.488 e. The van der Waals surface area contributed by atoms with Crippen molar-refractivity contribution in [3.8, 4) is 11.5 Å². The summed E-state index contributed by atoms with van der Waals surface area (Å²) in [6.07, 6.45) is 1.46. The molecule has 0 aliphatic carbocycles. The molecule has 0 unspecified atom stereocenters. The van der Waals surface area contributed by atoms with Crippen LogP contribution in [0.25, 0.3) is 0 Å². The molecule has 0 fully saturated rings. The van der Waals surface area contributed by atoms with Crippen LogP contribution in [0.1, 0.15) is 16.7 Å². The molecular weight excluding hydrogens is 478 g/mol. The molecule has 0 bridgehead atoms. The third-order valence-corrected chi connectivity index (χ3v) is 4.77. The summed E-state index contributed by atoms with van der Waals surface area (Å²) in [5, 5.41) is 15.1. The Morgan fingerprint density at radius 3 is 2.59 bits per heavy atom. The van der Waals surface area contributed by atoms with Crippen LogP contribution in [0, 0.1) is 17.0 Å². The fourth-order valence-electron chi connectivity index (χ4n) is 2.73. The van der Waals surface area contributed by atoms with E-state index in [9.17, 15) is 14.9 Å². The lowest BCUT2D eigenvalue weighted by Gasteiger charge is -2.10. The summed E-state index contributed by atoms with van der Waals surface area (Å²) in [6.45, 7) is 1.70. The molecule has 0 saturated carbocycles. The van der Waals surface area contributed by atoms with Crippen LogP contribution in [0.4, 0.5) is 5.69 Å². The Hall–Kier alpha value is -3.72. The zero-order chi connectivity index (χ0) is 22.9. The summed E-state index contributed by atoms with van der Waals surface area (Å²) in [5.74, 6) is 0.0581. The number of hydrazone groups is 1. The number of nitro benzene ring substituents is 1. The summed E-state index contributed by atoms with van der Waals surface area (Å²) < 4.78 is 12.0. The number of nitro groups is 1. The quantitative estimate of drug-likeness (QED) is 0.260. The molecule has 0 atom stereocenters. The van der Waals surface area contributed by atoms with Crippen molar-refractivity contribution in [3.63, 3.8) is 0 Å². The van der Waals surface area contributed by atoms with Crippen molar-refractivity contribution in [2.75, 3.05) is 6.61 Å². The molecular formula is C23H20BrN3O5. The van der Waals surface area contributed by atoms with Gasteiger partial charge in [0.25, 0.3) is 5.91 Å². The van der Waals surface area contributed by atoms with E-state index >= 15 is 0 Å². The van der Waals surface area contributed by atoms with Crippen molar-refractivity contribution >= 4 is 33.7 Å². The van der Waals surface area contributed by atoms with E-state index in [-0.39, 0.29) is 11.4 Å². The summed E-state index contributed by atoms with van der Waals surface area (Å²) in [7, 11) is 0. The highest BCUT2D eigenvalue weighted by Crippen LogP contribution is 2.27. The van der Waals surface area contributed by atoms with Gasteiger partial charge in [-0.3, -0.25) is 14.9 Å². The maximum absolute atomic E-state index is 12.1. The van der Waals surface area contributed by atoms with Gasteiger partial charge < -0.3 is 9.47 Å². The SMILES string of the molecule is Cc1ccc(OCC(=O)N/N=C/c2cc(Br)ccc2OCc2ccccc2)c([N+](=O)[O-])c1. The number of halogens is 1. The predicted octanol–water partition coefficient (Wildman–Crippen LogP) is 4.77. The van der Waals surface area contributed by atoms with Gasteiger partial charge in [-0.2, -0.15) is 5.10 Å². The van der Waals surface area contributed by atoms with Gasteiger partial charge in [0, 0.05) is 16.1 Å². The summed E-state index contributed by atoms with van der Waals surface area (Å²) in [4.78, 5) is 22.6. The molecule has 3 aromatic carbocycles. The summed E-state index contributed by atoms with van der Waals surface area (Å²) in [6, 6.07) is 19.7. The monoisotopic (exact) mass is 497 g/mol. The molecule has 0 saturated heterocycles. The maximum Gasteiger partial charge on any atom is 0.311 e. The van der Waals surface area contributed by atoms with E-state index in [4.69, 9.17) is 9.47 Å². The smallest absolute Gasteiger partial charge is 0.311 e. The lowest BCUT2D eigenvalue weighted by Crippen LogP contribution is -2.24. The molecule has 164 valence electrons. The highest BCUT2D eigenvalue weighted by molar-refractivity contribution is 9.10. The molecule has 3 rings (SSSR count). The van der Waals surface area contributed by atoms with E-state index in [1.165, 1.54) is 18.3 Å². The molecule has 1 amide bonds. The molecule has 3 aromatic rings. The van der Waals surface area contributed by atoms with E-state index in [0.717, 1.165) is 15.6 Å². The van der Waals surface area contributed by atoms with Crippen LogP contribution in [-0.4, -0.2) is 23.7 Å². The van der Waals surface area contributed by atoms with Crippen molar-refractivity contribution in [2.24, 2.45) is 5.10 Å². The standard InChI is InChI=1S/C23H20BrN3O5/c1-16-7-9-22(20(11-16)27(29)30)32-15-23(28)26-25-13-18-12-19(24)8-10-21(18)31-14-17-5-3-2-4-6-17/h2-13H,14-15H2,1H3,(H,26,28)/b25-13+. The number of carbonyl (C=O) groups is 1. The van der Waals surface area contributed by atoms with E-state index in [2.05, 4.69) is 26.5 Å². The van der Waals surface area contributed by atoms with Gasteiger partial charge in [-0.25, -0.2) is 5.43 Å². The van der Waals surface area contributed by atoms with E-state index < -0.39 is 17.4 Å². The molecule has 0 aliphatic rings. The third kappa shape index (κ3) is 6.64. The summed E-state index contributed by atoms with van der Waals surface area (Å²) in [5.41, 5.74) is 4.55. The van der Waals surface area contributed by atoms with Crippen LogP contribution in [0.3, 0.4) is 0 Å². The van der Waals surface area contributed by atoms with E-state index in [1.807, 2.05) is 42.5 Å². The zero-order valence-corrected chi connectivity index (χ0v) is 18.7. The van der Waals surface area contributed by atoms with Gasteiger partial charge in [-0.1, -0.05) is 52.3 Å². The molecule has 0 aliphatic heterocycles. The number of amides is 1. The Morgan fingerprint density at radius 1 is 1.09 bits per heavy atom. The first-order valence-electron chi connectivity index (χ1n) is 9.58. The van der Waals surface area contributed by atoms with Gasteiger partial charge in [-0.15, -0.1) is 0 Å². The zero-order valence-electron chi connectivity index (χ0n) is 17.2. The Morgan fingerprint density at radius 2 is 1.84 bits per heavy atom. The molecule has 0 heterocycles. The van der Waals surface area contributed by atoms with Crippen LogP contribution < -0.4 is 14.9 Å². The summed E-state index contributed by atoms with van der Waals surface area (Å²) >= 11 is 3.41. The fourth-order valence-corrected chi connectivity index (χ4v) is 3.11. The first-order valence-corrected chi connectivity index (χ1v) is 10.4. The van der Waals surface area contributed by atoms with Gasteiger partial charge in [0.15, 0.2) is 12.4 Å². The third-order valence-electron chi connectivity index (χ3n) is 4.27. The average Bonchev–Trinajstić information content (AvgIpc) is 2.78. The number of carbonyl (C=O) groups excluding carboxylic acids is 1. The van der Waals surface area contributed by atoms with Crippen LogP contribution in [0.5, 0.6) is 11.5 Å². The Labute approximate surface area is 193 Å². The normalized spacial score (nSPS) is 10.7. The molecule has 32 heavy (non-hydrogen) atoms. The maximum atomic E-state index is 12.1. The van der Waals surface area contributed by atoms with E-state index in [1.54, 1.807) is 19.1 Å². The van der Waals surface area contributed by atoms with Crippen molar-refractivity contribution < 1.29 is 19.2 Å². The number of ether oxygens (including phenoxy) is 2. The number of rotatable bonds is 9. The predicted molar refractivity (Wildman–Crippen MR) is 124 cm³/mol. The Bertz CT molecular complexity index is 1140. The van der Waals surface area contributed by atoms with Crippen molar-refractivity contribution in [2.45, 2.75) is 13.5 Å². The van der Waals surface area contributed by atoms with Gasteiger partial charge in [0.1, 0.15) is 12.4 Å². The number of nitrogens with zero attached hydrogens (tertiary/aromatic N) is 2. The molecule has 0 radical (unpaired) electrons. The molecule has 9 heteroatoms. The van der Waals surface area contributed by atoms with Crippen LogP contribution in [-0.2, 0) is 11.4 Å². The van der Waals surface area contributed by atoms with Crippen LogP contribution in [0.15, 0.2) is 76.3 Å². The molecule has 0 spiro atoms. The minimum absolute atomic E-state index is 0.0170. The number of hydrogen-bond donors (Lipinski definition) is 1. The molecule has 0 aromatic heterocycles. The fraction of sp³-hybridized carbons (Fsp3) is 0.130. The first kappa shape index (κ1) is 23.0. The second-order valence-electron chi connectivity index (χ2n) is 6.77. The van der Waals surface area contributed by atoms with Crippen molar-refractivity contribution in [1.82, 2.24) is 5.43 Å². The van der Waals surface area contributed by atoms with Gasteiger partial charge in [0.05, 0.1) is 11.1 Å². The van der Waals surface area contributed by atoms with Crippen LogP contribution >= 0.6 is 15.9 Å². The van der Waals surface area contributed by atoms with Gasteiger partial charge in [-0.05, 0) is 42.3 Å². The highest BCUT2D eigenvalue weighted by Gasteiger charge is 2.16. The number of benzene rings is 3. The second kappa shape index (κ2) is 11.1. The minimum atomic E-state index is -0.558. The first-order chi connectivity index (χ1) is 15.4. The minimum Gasteiger partial charge on any atom is -0.488 e. The molecule has 8 nitrogen and oxygen atoms in total. The number of hydrogen-bond acceptors (Lipinski definition) is 6. The van der Waals surface area contributed by atoms with Crippen molar-refractivity contribution in [1.29, 1.82) is 0 Å². The lowest BCUT2D eigenvalue weighted by molar-refractivity contribution is -0.385. The highest BCUT2D eigenvalue weighted by atomic mass is 79.9. The number of nitrogens with one attached hydrogen (secondary N) is 1. The average molecular weight is 498 g/mol. The van der Waals surface area contributed by atoms with Gasteiger partial charge >= 0.3 is 5.69 Å². The Kier molecular flexibility index (Phi) is 7.93. The molecule has 1 N–H and O–H groups in total. The Balaban J connectivity index is 1.59. The second-order valence-corrected chi connectivity index (χ2v) is 7.68. The van der Waals surface area contributed by atoms with Crippen molar-refractivity contribution in [3.05, 3.63) is 98.0 Å². The van der Waals surface area contributed by atoms with Gasteiger partial charge in [0.2, 0.25) is 0 Å².